The molecule has 0 aromatic heterocycles. The lowest BCUT2D eigenvalue weighted by Gasteiger charge is -2.13. The standard InChI is InChI=1S/C17H20O3/c1-3-20-16-10-8-15(9-11-16)17(18)14-6-4-13(5-7-14)12-19-2/h4-11,17-18H,3,12H2,1-2H3. The van der Waals surface area contributed by atoms with Gasteiger partial charge in [-0.1, -0.05) is 36.4 Å². The van der Waals surface area contributed by atoms with Crippen LogP contribution in [0.25, 0.3) is 0 Å². The van der Waals surface area contributed by atoms with Gasteiger partial charge in [-0.3, -0.25) is 0 Å². The molecule has 2 rings (SSSR count). The second kappa shape index (κ2) is 7.08. The number of ether oxygens (including phenoxy) is 2. The van der Waals surface area contributed by atoms with Crippen LogP contribution in [-0.2, 0) is 11.3 Å². The van der Waals surface area contributed by atoms with E-state index in [1.165, 1.54) is 0 Å². The molecular formula is C17H20O3. The van der Waals surface area contributed by atoms with Gasteiger partial charge in [0.1, 0.15) is 11.9 Å². The molecule has 2 aromatic carbocycles. The zero-order chi connectivity index (χ0) is 14.4. The van der Waals surface area contributed by atoms with Gasteiger partial charge in [0, 0.05) is 7.11 Å². The SMILES string of the molecule is CCOc1ccc(C(O)c2ccc(COC)cc2)cc1. The molecule has 0 amide bonds. The maximum Gasteiger partial charge on any atom is 0.119 e. The average molecular weight is 272 g/mol. The fraction of sp³-hybridized carbons (Fsp3) is 0.294. The zero-order valence-corrected chi connectivity index (χ0v) is 11.9. The van der Waals surface area contributed by atoms with Crippen LogP contribution in [0.2, 0.25) is 0 Å². The third-order valence-electron chi connectivity index (χ3n) is 3.11. The van der Waals surface area contributed by atoms with Gasteiger partial charge in [-0.25, -0.2) is 0 Å². The van der Waals surface area contributed by atoms with E-state index in [-0.39, 0.29) is 0 Å². The highest BCUT2D eigenvalue weighted by Crippen LogP contribution is 2.24. The van der Waals surface area contributed by atoms with Gasteiger partial charge in [-0.15, -0.1) is 0 Å². The Hall–Kier alpha value is -1.84. The molecule has 20 heavy (non-hydrogen) atoms. The van der Waals surface area contributed by atoms with Crippen molar-refractivity contribution in [3.05, 3.63) is 65.2 Å². The van der Waals surface area contributed by atoms with Crippen molar-refractivity contribution >= 4 is 0 Å². The Morgan fingerprint density at radius 1 is 0.950 bits per heavy atom. The smallest absolute Gasteiger partial charge is 0.119 e. The highest BCUT2D eigenvalue weighted by atomic mass is 16.5. The number of hydrogen-bond donors (Lipinski definition) is 1. The lowest BCUT2D eigenvalue weighted by Crippen LogP contribution is -2.00. The van der Waals surface area contributed by atoms with Gasteiger partial charge in [0.05, 0.1) is 13.2 Å². The Balaban J connectivity index is 2.11. The summed E-state index contributed by atoms with van der Waals surface area (Å²) >= 11 is 0. The van der Waals surface area contributed by atoms with Gasteiger partial charge < -0.3 is 14.6 Å². The summed E-state index contributed by atoms with van der Waals surface area (Å²) in [6.07, 6.45) is -0.623. The zero-order valence-electron chi connectivity index (χ0n) is 11.9. The summed E-state index contributed by atoms with van der Waals surface area (Å²) in [6, 6.07) is 15.3. The first-order valence-corrected chi connectivity index (χ1v) is 6.73. The van der Waals surface area contributed by atoms with Crippen LogP contribution in [0.3, 0.4) is 0 Å². The van der Waals surface area contributed by atoms with Crippen molar-refractivity contribution in [2.75, 3.05) is 13.7 Å². The van der Waals surface area contributed by atoms with Crippen LogP contribution in [0.15, 0.2) is 48.5 Å². The van der Waals surface area contributed by atoms with Gasteiger partial charge in [-0.2, -0.15) is 0 Å². The van der Waals surface area contributed by atoms with Gasteiger partial charge >= 0.3 is 0 Å². The summed E-state index contributed by atoms with van der Waals surface area (Å²) in [5.41, 5.74) is 2.82. The molecule has 0 saturated heterocycles. The molecule has 0 saturated carbocycles. The number of hydrogen-bond acceptors (Lipinski definition) is 3. The Kier molecular flexibility index (Phi) is 5.16. The average Bonchev–Trinajstić information content (AvgIpc) is 2.49. The molecule has 0 bridgehead atoms. The molecule has 0 fully saturated rings. The third kappa shape index (κ3) is 3.59. The molecule has 106 valence electrons. The van der Waals surface area contributed by atoms with Gasteiger partial charge in [-0.05, 0) is 35.7 Å². The quantitative estimate of drug-likeness (QED) is 0.876. The molecule has 2 aromatic rings. The number of aliphatic hydroxyl groups is 1. The Bertz CT molecular complexity index is 467. The maximum atomic E-state index is 10.4. The molecule has 0 radical (unpaired) electrons. The van der Waals surface area contributed by atoms with Gasteiger partial charge in [0.2, 0.25) is 0 Å². The van der Waals surface area contributed by atoms with E-state index in [4.69, 9.17) is 9.47 Å². The minimum Gasteiger partial charge on any atom is -0.494 e. The first-order chi connectivity index (χ1) is 9.74. The molecule has 0 aliphatic carbocycles. The fourth-order valence-corrected chi connectivity index (χ4v) is 2.07. The van der Waals surface area contributed by atoms with Gasteiger partial charge in [0.25, 0.3) is 0 Å². The van der Waals surface area contributed by atoms with Crippen LogP contribution in [0, 0.1) is 0 Å². The van der Waals surface area contributed by atoms with Crippen LogP contribution in [0.4, 0.5) is 0 Å². The van der Waals surface area contributed by atoms with Crippen LogP contribution in [-0.4, -0.2) is 18.8 Å². The summed E-state index contributed by atoms with van der Waals surface area (Å²) < 4.78 is 10.5. The van der Waals surface area contributed by atoms with Crippen molar-refractivity contribution in [2.24, 2.45) is 0 Å². The molecule has 3 heteroatoms. The lowest BCUT2D eigenvalue weighted by atomic mass is 10.0. The molecule has 0 spiro atoms. The van der Waals surface area contributed by atoms with E-state index >= 15 is 0 Å². The molecule has 3 nitrogen and oxygen atoms in total. The van der Waals surface area contributed by atoms with E-state index in [9.17, 15) is 5.11 Å². The van der Waals surface area contributed by atoms with Gasteiger partial charge in [0.15, 0.2) is 0 Å². The summed E-state index contributed by atoms with van der Waals surface area (Å²) in [4.78, 5) is 0. The number of rotatable bonds is 6. The molecule has 0 aliphatic heterocycles. The molecule has 0 aliphatic rings. The largest absolute Gasteiger partial charge is 0.494 e. The summed E-state index contributed by atoms with van der Waals surface area (Å²) in [6.45, 7) is 3.17. The first-order valence-electron chi connectivity index (χ1n) is 6.73. The highest BCUT2D eigenvalue weighted by Gasteiger charge is 2.10. The predicted octanol–water partition coefficient (Wildman–Crippen LogP) is 3.31. The number of benzene rings is 2. The molecular weight excluding hydrogens is 252 g/mol. The van der Waals surface area contributed by atoms with Crippen molar-refractivity contribution in [3.8, 4) is 5.75 Å². The van der Waals surface area contributed by atoms with Crippen molar-refractivity contribution in [1.82, 2.24) is 0 Å². The normalized spacial score (nSPS) is 12.2. The maximum absolute atomic E-state index is 10.4. The van der Waals surface area contributed by atoms with Crippen LogP contribution < -0.4 is 4.74 Å². The molecule has 1 unspecified atom stereocenters. The van der Waals surface area contributed by atoms with E-state index in [1.807, 2.05) is 55.5 Å². The second-order valence-corrected chi connectivity index (χ2v) is 4.58. The first kappa shape index (κ1) is 14.6. The van der Waals surface area contributed by atoms with E-state index in [1.54, 1.807) is 7.11 Å². The summed E-state index contributed by atoms with van der Waals surface area (Å²) in [5.74, 6) is 0.818. The minimum absolute atomic E-state index is 0.583. The molecule has 1 atom stereocenters. The fourth-order valence-electron chi connectivity index (χ4n) is 2.07. The topological polar surface area (TPSA) is 38.7 Å². The van der Waals surface area contributed by atoms with E-state index in [0.29, 0.717) is 13.2 Å². The van der Waals surface area contributed by atoms with Crippen LogP contribution in [0.5, 0.6) is 5.75 Å². The summed E-state index contributed by atoms with van der Waals surface area (Å²) in [7, 11) is 1.67. The highest BCUT2D eigenvalue weighted by molar-refractivity contribution is 5.35. The van der Waals surface area contributed by atoms with Crippen LogP contribution >= 0.6 is 0 Å². The van der Waals surface area contributed by atoms with E-state index in [0.717, 1.165) is 22.4 Å². The van der Waals surface area contributed by atoms with Crippen molar-refractivity contribution in [3.63, 3.8) is 0 Å². The molecule has 1 N–H and O–H groups in total. The van der Waals surface area contributed by atoms with Crippen molar-refractivity contribution < 1.29 is 14.6 Å². The van der Waals surface area contributed by atoms with E-state index < -0.39 is 6.10 Å². The molecule has 0 heterocycles. The minimum atomic E-state index is -0.623. The van der Waals surface area contributed by atoms with Crippen molar-refractivity contribution in [2.45, 2.75) is 19.6 Å². The van der Waals surface area contributed by atoms with Crippen LogP contribution in [0.1, 0.15) is 29.7 Å². The second-order valence-electron chi connectivity index (χ2n) is 4.58. The van der Waals surface area contributed by atoms with E-state index in [2.05, 4.69) is 0 Å². The lowest BCUT2D eigenvalue weighted by molar-refractivity contribution is 0.184. The Labute approximate surface area is 119 Å². The Morgan fingerprint density at radius 2 is 1.50 bits per heavy atom. The number of aliphatic hydroxyl groups excluding tert-OH is 1. The number of methoxy groups -OCH3 is 1. The monoisotopic (exact) mass is 272 g/mol. The Morgan fingerprint density at radius 3 is 2.00 bits per heavy atom. The summed E-state index contributed by atoms with van der Waals surface area (Å²) in [5, 5.41) is 10.4. The van der Waals surface area contributed by atoms with Crippen molar-refractivity contribution in [1.29, 1.82) is 0 Å². The third-order valence-corrected chi connectivity index (χ3v) is 3.11. The predicted molar refractivity (Wildman–Crippen MR) is 78.8 cm³/mol.